The normalized spacial score (nSPS) is 23.4. The van der Waals surface area contributed by atoms with E-state index in [2.05, 4.69) is 10.4 Å². The number of halogens is 2. The van der Waals surface area contributed by atoms with Crippen molar-refractivity contribution < 1.29 is 13.5 Å². The molecule has 102 valence electrons. The Bertz CT molecular complexity index is 518. The van der Waals surface area contributed by atoms with Gasteiger partial charge in [-0.2, -0.15) is 0 Å². The Morgan fingerprint density at radius 2 is 2.32 bits per heavy atom. The van der Waals surface area contributed by atoms with Crippen LogP contribution in [0.15, 0.2) is 52.3 Å². The molecule has 1 aliphatic heterocycles. The van der Waals surface area contributed by atoms with Gasteiger partial charge in [-0.05, 0) is 18.6 Å². The maximum atomic E-state index is 13.6. The number of hydrogen-bond donors (Lipinski definition) is 2. The van der Waals surface area contributed by atoms with Crippen molar-refractivity contribution in [3.8, 4) is 0 Å². The van der Waals surface area contributed by atoms with Crippen LogP contribution in [0.2, 0.25) is 0 Å². The van der Waals surface area contributed by atoms with Crippen LogP contribution in [0.5, 0.6) is 0 Å². The van der Waals surface area contributed by atoms with Gasteiger partial charge in [-0.25, -0.2) is 13.8 Å². The molecular weight excluding hydrogens is 252 g/mol. The molecule has 0 spiro atoms. The van der Waals surface area contributed by atoms with Crippen LogP contribution in [-0.2, 0) is 4.74 Å². The minimum absolute atomic E-state index is 0.107. The average molecular weight is 267 g/mol. The lowest BCUT2D eigenvalue weighted by molar-refractivity contribution is 0.248. The van der Waals surface area contributed by atoms with Gasteiger partial charge in [0.2, 0.25) is 0 Å². The van der Waals surface area contributed by atoms with Crippen LogP contribution in [0, 0.1) is 0 Å². The monoisotopic (exact) mass is 267 g/mol. The molecule has 0 saturated heterocycles. The minimum Gasteiger partial charge on any atom is -0.441 e. The van der Waals surface area contributed by atoms with E-state index in [1.54, 1.807) is 0 Å². The zero-order valence-corrected chi connectivity index (χ0v) is 10.5. The van der Waals surface area contributed by atoms with Gasteiger partial charge in [0.05, 0.1) is 11.9 Å². The molecule has 3 N–H and O–H groups in total. The summed E-state index contributed by atoms with van der Waals surface area (Å²) >= 11 is 0. The summed E-state index contributed by atoms with van der Waals surface area (Å²) in [4.78, 5) is 4.04. The summed E-state index contributed by atoms with van der Waals surface area (Å²) in [7, 11) is 0. The lowest BCUT2D eigenvalue weighted by Crippen LogP contribution is -2.21. The molecule has 0 amide bonds. The van der Waals surface area contributed by atoms with Crippen molar-refractivity contribution >= 4 is 5.90 Å². The molecule has 1 aliphatic carbocycles. The van der Waals surface area contributed by atoms with Crippen LogP contribution in [0.1, 0.15) is 19.8 Å². The van der Waals surface area contributed by atoms with Crippen LogP contribution in [0.4, 0.5) is 8.78 Å². The first-order chi connectivity index (χ1) is 9.11. The molecule has 19 heavy (non-hydrogen) atoms. The fourth-order valence-corrected chi connectivity index (χ4v) is 1.73. The fraction of sp³-hybridized carbons (Fsp3) is 0.308. The highest BCUT2D eigenvalue weighted by molar-refractivity contribution is 5.80. The summed E-state index contributed by atoms with van der Waals surface area (Å²) in [5.74, 6) is 4.54. The van der Waals surface area contributed by atoms with E-state index >= 15 is 0 Å². The molecule has 1 atom stereocenters. The number of ether oxygens (including phenoxy) is 1. The second-order valence-corrected chi connectivity index (χ2v) is 4.22. The summed E-state index contributed by atoms with van der Waals surface area (Å²) in [5.41, 5.74) is 4.02. The molecule has 1 unspecified atom stereocenters. The van der Waals surface area contributed by atoms with Gasteiger partial charge in [-0.1, -0.05) is 12.2 Å². The molecule has 0 fully saturated rings. The Labute approximate surface area is 110 Å². The van der Waals surface area contributed by atoms with E-state index in [0.717, 1.165) is 5.57 Å². The molecule has 2 aliphatic rings. The zero-order chi connectivity index (χ0) is 13.8. The topological polar surface area (TPSA) is 59.6 Å². The number of nitrogens with zero attached hydrogens (tertiary/aromatic N) is 1. The first-order valence-electron chi connectivity index (χ1n) is 5.90. The lowest BCUT2D eigenvalue weighted by Gasteiger charge is -2.16. The summed E-state index contributed by atoms with van der Waals surface area (Å²) in [6, 6.07) is 0. The van der Waals surface area contributed by atoms with Gasteiger partial charge >= 0.3 is 0 Å². The molecule has 0 aromatic rings. The minimum atomic E-state index is -1.47. The SMILES string of the molecule is CC1=CCC(OC2=C(F)C=CCC2F)=NC=C1NN. The highest BCUT2D eigenvalue weighted by Crippen LogP contribution is 2.25. The second-order valence-electron chi connectivity index (χ2n) is 4.22. The molecule has 6 heteroatoms. The number of nitrogens with two attached hydrogens (primary N) is 1. The van der Waals surface area contributed by atoms with Crippen LogP contribution in [0.25, 0.3) is 0 Å². The van der Waals surface area contributed by atoms with Crippen molar-refractivity contribution in [2.75, 3.05) is 0 Å². The van der Waals surface area contributed by atoms with Gasteiger partial charge in [-0.3, -0.25) is 5.84 Å². The zero-order valence-electron chi connectivity index (χ0n) is 10.5. The quantitative estimate of drug-likeness (QED) is 0.597. The molecular formula is C13H15F2N3O. The number of rotatable bonds is 2. The van der Waals surface area contributed by atoms with E-state index < -0.39 is 12.0 Å². The van der Waals surface area contributed by atoms with E-state index in [1.165, 1.54) is 18.4 Å². The number of allylic oxidation sites excluding steroid dienone is 5. The Hall–Kier alpha value is -1.95. The molecule has 0 radical (unpaired) electrons. The van der Waals surface area contributed by atoms with E-state index in [-0.39, 0.29) is 18.1 Å². The van der Waals surface area contributed by atoms with Crippen LogP contribution in [0.3, 0.4) is 0 Å². The highest BCUT2D eigenvalue weighted by Gasteiger charge is 2.23. The largest absolute Gasteiger partial charge is 0.441 e. The lowest BCUT2D eigenvalue weighted by atomic mass is 10.1. The Morgan fingerprint density at radius 3 is 3.00 bits per heavy atom. The van der Waals surface area contributed by atoms with Gasteiger partial charge in [0.1, 0.15) is 0 Å². The number of aliphatic imine (C=N–C) groups is 1. The third-order valence-corrected chi connectivity index (χ3v) is 2.86. The van der Waals surface area contributed by atoms with Gasteiger partial charge < -0.3 is 10.2 Å². The standard InChI is InChI=1S/C13H15F2N3O/c1-8-5-6-12(17-7-11(8)18-16)19-13-9(14)3-2-4-10(13)15/h2-3,5,7,10,18H,4,6,16H2,1H3. The Morgan fingerprint density at radius 1 is 1.53 bits per heavy atom. The van der Waals surface area contributed by atoms with Gasteiger partial charge in [0, 0.05) is 12.8 Å². The summed E-state index contributed by atoms with van der Waals surface area (Å²) < 4.78 is 32.3. The van der Waals surface area contributed by atoms with Crippen LogP contribution in [-0.4, -0.2) is 12.1 Å². The molecule has 4 nitrogen and oxygen atoms in total. The smallest absolute Gasteiger partial charge is 0.198 e. The van der Waals surface area contributed by atoms with Crippen molar-refractivity contribution in [3.05, 3.63) is 47.3 Å². The third kappa shape index (κ3) is 3.08. The first kappa shape index (κ1) is 13.5. The third-order valence-electron chi connectivity index (χ3n) is 2.86. The fourth-order valence-electron chi connectivity index (χ4n) is 1.73. The van der Waals surface area contributed by atoms with Crippen molar-refractivity contribution in [1.29, 1.82) is 0 Å². The van der Waals surface area contributed by atoms with Crippen molar-refractivity contribution in [2.45, 2.75) is 25.9 Å². The van der Waals surface area contributed by atoms with Gasteiger partial charge in [0.25, 0.3) is 0 Å². The Balaban J connectivity index is 2.19. The average Bonchev–Trinajstić information content (AvgIpc) is 2.56. The van der Waals surface area contributed by atoms with E-state index in [0.29, 0.717) is 12.1 Å². The van der Waals surface area contributed by atoms with Crippen LogP contribution < -0.4 is 11.3 Å². The van der Waals surface area contributed by atoms with Gasteiger partial charge in [0.15, 0.2) is 23.7 Å². The predicted octanol–water partition coefficient (Wildman–Crippen LogP) is 2.54. The van der Waals surface area contributed by atoms with Crippen molar-refractivity contribution in [2.24, 2.45) is 10.8 Å². The molecule has 1 heterocycles. The van der Waals surface area contributed by atoms with E-state index in [9.17, 15) is 8.78 Å². The van der Waals surface area contributed by atoms with Crippen molar-refractivity contribution in [1.82, 2.24) is 5.43 Å². The highest BCUT2D eigenvalue weighted by atomic mass is 19.1. The number of nitrogens with one attached hydrogen (secondary N) is 1. The number of hydrazine groups is 1. The maximum Gasteiger partial charge on any atom is 0.198 e. The molecule has 0 bridgehead atoms. The van der Waals surface area contributed by atoms with Gasteiger partial charge in [-0.15, -0.1) is 0 Å². The second kappa shape index (κ2) is 5.79. The van der Waals surface area contributed by atoms with E-state index in [1.807, 2.05) is 13.0 Å². The predicted molar refractivity (Wildman–Crippen MR) is 69.1 cm³/mol. The van der Waals surface area contributed by atoms with E-state index in [4.69, 9.17) is 10.6 Å². The number of alkyl halides is 1. The maximum absolute atomic E-state index is 13.6. The summed E-state index contributed by atoms with van der Waals surface area (Å²) in [5, 5.41) is 0. The van der Waals surface area contributed by atoms with Crippen LogP contribution >= 0.6 is 0 Å². The summed E-state index contributed by atoms with van der Waals surface area (Å²) in [6.07, 6.45) is 4.91. The molecule has 0 saturated carbocycles. The molecule has 0 aromatic heterocycles. The molecule has 0 aromatic carbocycles. The first-order valence-corrected chi connectivity index (χ1v) is 5.90. The Kier molecular flexibility index (Phi) is 4.11. The molecule has 2 rings (SSSR count). The summed E-state index contributed by atoms with van der Waals surface area (Å²) in [6.45, 7) is 1.85. The number of hydrogen-bond acceptors (Lipinski definition) is 4. The van der Waals surface area contributed by atoms with Crippen molar-refractivity contribution in [3.63, 3.8) is 0 Å².